The van der Waals surface area contributed by atoms with Gasteiger partial charge in [-0.25, -0.2) is 0 Å². The third kappa shape index (κ3) is 1.32. The third-order valence-corrected chi connectivity index (χ3v) is 2.69. The van der Waals surface area contributed by atoms with Gasteiger partial charge in [-0.05, 0) is 13.8 Å². The summed E-state index contributed by atoms with van der Waals surface area (Å²) in [7, 11) is 0. The molecule has 0 N–H and O–H groups in total. The summed E-state index contributed by atoms with van der Waals surface area (Å²) in [4.78, 5) is 12.7. The molecule has 0 aromatic carbocycles. The van der Waals surface area contributed by atoms with Crippen LogP contribution in [0.2, 0.25) is 0 Å². The van der Waals surface area contributed by atoms with E-state index in [1.165, 1.54) is 11.8 Å². The summed E-state index contributed by atoms with van der Waals surface area (Å²) in [6.07, 6.45) is 0. The van der Waals surface area contributed by atoms with E-state index < -0.39 is 0 Å². The van der Waals surface area contributed by atoms with Crippen LogP contribution >= 0.6 is 24.0 Å². The van der Waals surface area contributed by atoms with Crippen molar-refractivity contribution in [1.82, 2.24) is 4.90 Å². The number of thiocarbonyl (C=S) groups is 1. The number of thioether (sulfide) groups is 1. The standard InChI is InChI=1S/C6H9NOS2/c1-4(2)7-5(8)3-10-6(7)9/h4H,3H2,1-2H3. The Morgan fingerprint density at radius 2 is 2.30 bits per heavy atom. The first-order valence-electron chi connectivity index (χ1n) is 3.11. The minimum absolute atomic E-state index is 0.144. The van der Waals surface area contributed by atoms with E-state index in [1.54, 1.807) is 4.90 Å². The molecule has 0 bridgehead atoms. The molecule has 0 spiro atoms. The Kier molecular flexibility index (Phi) is 2.31. The molecule has 1 heterocycles. The van der Waals surface area contributed by atoms with Crippen LogP contribution in [0.5, 0.6) is 0 Å². The second kappa shape index (κ2) is 2.88. The molecule has 1 aliphatic rings. The van der Waals surface area contributed by atoms with Gasteiger partial charge in [-0.2, -0.15) is 0 Å². The normalized spacial score (nSPS) is 19.3. The van der Waals surface area contributed by atoms with Gasteiger partial charge in [-0.3, -0.25) is 9.69 Å². The van der Waals surface area contributed by atoms with Crippen LogP contribution in [0.25, 0.3) is 0 Å². The van der Waals surface area contributed by atoms with Crippen LogP contribution in [0.1, 0.15) is 13.8 Å². The molecule has 0 saturated carbocycles. The Balaban J connectivity index is 2.72. The monoisotopic (exact) mass is 175 g/mol. The number of rotatable bonds is 1. The predicted octanol–water partition coefficient (Wildman–Crippen LogP) is 1.26. The summed E-state index contributed by atoms with van der Waals surface area (Å²) in [5.74, 6) is 0.668. The lowest BCUT2D eigenvalue weighted by molar-refractivity contribution is -0.125. The first-order valence-corrected chi connectivity index (χ1v) is 4.51. The van der Waals surface area contributed by atoms with Crippen molar-refractivity contribution in [2.24, 2.45) is 0 Å². The fourth-order valence-corrected chi connectivity index (χ4v) is 2.19. The van der Waals surface area contributed by atoms with Gasteiger partial charge in [-0.15, -0.1) is 0 Å². The quantitative estimate of drug-likeness (QED) is 0.559. The molecule has 1 aliphatic heterocycles. The zero-order chi connectivity index (χ0) is 7.72. The molecule has 2 nitrogen and oxygen atoms in total. The van der Waals surface area contributed by atoms with E-state index in [2.05, 4.69) is 0 Å². The zero-order valence-corrected chi connectivity index (χ0v) is 7.59. The van der Waals surface area contributed by atoms with E-state index in [-0.39, 0.29) is 11.9 Å². The van der Waals surface area contributed by atoms with Gasteiger partial charge in [0.25, 0.3) is 0 Å². The molecule has 1 saturated heterocycles. The van der Waals surface area contributed by atoms with Gasteiger partial charge in [0.05, 0.1) is 5.75 Å². The van der Waals surface area contributed by atoms with Crippen molar-refractivity contribution in [2.45, 2.75) is 19.9 Å². The number of hydrogen-bond donors (Lipinski definition) is 0. The van der Waals surface area contributed by atoms with Crippen LogP contribution in [0.4, 0.5) is 0 Å². The average Bonchev–Trinajstić information content (AvgIpc) is 2.11. The Labute approximate surface area is 70.0 Å². The second-order valence-corrected chi connectivity index (χ2v) is 4.02. The topological polar surface area (TPSA) is 20.3 Å². The first-order chi connectivity index (χ1) is 4.63. The van der Waals surface area contributed by atoms with Gasteiger partial charge in [0.2, 0.25) is 5.91 Å². The van der Waals surface area contributed by atoms with E-state index in [0.29, 0.717) is 5.75 Å². The molecule has 1 rings (SSSR count). The summed E-state index contributed by atoms with van der Waals surface area (Å²) in [5, 5.41) is 0. The molecule has 0 unspecified atom stereocenters. The largest absolute Gasteiger partial charge is 0.294 e. The number of carbonyl (C=O) groups excluding carboxylic acids is 1. The summed E-state index contributed by atoms with van der Waals surface area (Å²) < 4.78 is 0.722. The molecule has 0 aliphatic carbocycles. The molecule has 0 aromatic heterocycles. The number of carbonyl (C=O) groups is 1. The predicted molar refractivity (Wildman–Crippen MR) is 47.0 cm³/mol. The molecule has 10 heavy (non-hydrogen) atoms. The lowest BCUT2D eigenvalue weighted by Gasteiger charge is -2.18. The molecular formula is C6H9NOS2. The summed E-state index contributed by atoms with van der Waals surface area (Å²) in [6.45, 7) is 3.94. The van der Waals surface area contributed by atoms with Crippen LogP contribution in [-0.2, 0) is 4.79 Å². The van der Waals surface area contributed by atoms with E-state index in [0.717, 1.165) is 4.32 Å². The Morgan fingerprint density at radius 3 is 2.50 bits per heavy atom. The first kappa shape index (κ1) is 8.01. The van der Waals surface area contributed by atoms with Crippen LogP contribution in [-0.4, -0.2) is 26.9 Å². The van der Waals surface area contributed by atoms with Crippen molar-refractivity contribution >= 4 is 34.2 Å². The molecular weight excluding hydrogens is 166 g/mol. The van der Waals surface area contributed by atoms with Crippen molar-refractivity contribution in [3.8, 4) is 0 Å². The smallest absolute Gasteiger partial charge is 0.238 e. The van der Waals surface area contributed by atoms with Crippen molar-refractivity contribution in [2.75, 3.05) is 5.75 Å². The zero-order valence-electron chi connectivity index (χ0n) is 5.96. The van der Waals surface area contributed by atoms with Crippen LogP contribution in [0, 0.1) is 0 Å². The van der Waals surface area contributed by atoms with Crippen LogP contribution in [0.3, 0.4) is 0 Å². The van der Waals surface area contributed by atoms with Gasteiger partial charge >= 0.3 is 0 Å². The maximum Gasteiger partial charge on any atom is 0.238 e. The van der Waals surface area contributed by atoms with Gasteiger partial charge in [-0.1, -0.05) is 24.0 Å². The Hall–Kier alpha value is -0.0900. The van der Waals surface area contributed by atoms with Gasteiger partial charge < -0.3 is 0 Å². The fourth-order valence-electron chi connectivity index (χ4n) is 0.863. The van der Waals surface area contributed by atoms with Gasteiger partial charge in [0.15, 0.2) is 0 Å². The highest BCUT2D eigenvalue weighted by Crippen LogP contribution is 2.21. The molecule has 1 amide bonds. The van der Waals surface area contributed by atoms with Crippen molar-refractivity contribution < 1.29 is 4.79 Å². The SMILES string of the molecule is CC(C)N1C(=O)CSC1=S. The number of nitrogens with zero attached hydrogens (tertiary/aromatic N) is 1. The summed E-state index contributed by atoms with van der Waals surface area (Å²) >= 11 is 6.41. The Bertz CT molecular complexity index is 163. The number of hydrogen-bond acceptors (Lipinski definition) is 3. The fraction of sp³-hybridized carbons (Fsp3) is 0.667. The van der Waals surface area contributed by atoms with Crippen LogP contribution < -0.4 is 0 Å². The van der Waals surface area contributed by atoms with Gasteiger partial charge in [0.1, 0.15) is 4.32 Å². The third-order valence-electron chi connectivity index (χ3n) is 1.30. The van der Waals surface area contributed by atoms with Crippen molar-refractivity contribution in [3.63, 3.8) is 0 Å². The van der Waals surface area contributed by atoms with Crippen molar-refractivity contribution in [3.05, 3.63) is 0 Å². The van der Waals surface area contributed by atoms with E-state index in [9.17, 15) is 4.79 Å². The summed E-state index contributed by atoms with van der Waals surface area (Å²) in [5.41, 5.74) is 0. The molecule has 0 atom stereocenters. The molecule has 56 valence electrons. The highest BCUT2D eigenvalue weighted by atomic mass is 32.2. The average molecular weight is 175 g/mol. The maximum atomic E-state index is 11.0. The highest BCUT2D eigenvalue weighted by molar-refractivity contribution is 8.23. The van der Waals surface area contributed by atoms with E-state index >= 15 is 0 Å². The Morgan fingerprint density at radius 1 is 1.70 bits per heavy atom. The molecule has 1 fully saturated rings. The highest BCUT2D eigenvalue weighted by Gasteiger charge is 2.28. The summed E-state index contributed by atoms with van der Waals surface area (Å²) in [6, 6.07) is 0.218. The number of amides is 1. The molecule has 0 aromatic rings. The molecule has 0 radical (unpaired) electrons. The van der Waals surface area contributed by atoms with E-state index in [4.69, 9.17) is 12.2 Å². The molecule has 4 heteroatoms. The lowest BCUT2D eigenvalue weighted by Crippen LogP contribution is -2.34. The maximum absolute atomic E-state index is 11.0. The lowest BCUT2D eigenvalue weighted by atomic mass is 10.3. The minimum Gasteiger partial charge on any atom is -0.294 e. The van der Waals surface area contributed by atoms with Crippen LogP contribution in [0.15, 0.2) is 0 Å². The van der Waals surface area contributed by atoms with Gasteiger partial charge in [0, 0.05) is 6.04 Å². The van der Waals surface area contributed by atoms with E-state index in [1.807, 2.05) is 13.8 Å². The minimum atomic E-state index is 0.144. The second-order valence-electron chi connectivity index (χ2n) is 2.41. The van der Waals surface area contributed by atoms with Crippen molar-refractivity contribution in [1.29, 1.82) is 0 Å².